The number of carbonyl (C=O) groups excluding carboxylic acids is 1. The molecule has 0 aliphatic heterocycles. The van der Waals surface area contributed by atoms with Gasteiger partial charge in [0, 0.05) is 24.2 Å². The molecule has 3 aromatic rings. The lowest BCUT2D eigenvalue weighted by molar-refractivity contribution is -0.137. The Kier molecular flexibility index (Phi) is 5.80. The van der Waals surface area contributed by atoms with Crippen molar-refractivity contribution in [3.8, 4) is 29.8 Å². The Morgan fingerprint density at radius 2 is 1.91 bits per heavy atom. The van der Waals surface area contributed by atoms with Crippen LogP contribution in [0.25, 0.3) is 11.4 Å². The largest absolute Gasteiger partial charge is 0.416 e. The highest BCUT2D eigenvalue weighted by Crippen LogP contribution is 2.48. The van der Waals surface area contributed by atoms with Gasteiger partial charge in [0.15, 0.2) is 0 Å². The van der Waals surface area contributed by atoms with Crippen LogP contribution in [0.2, 0.25) is 0 Å². The number of carbonyl (C=O) groups is 1. The number of nitrogens with one attached hydrogen (secondary N) is 1. The van der Waals surface area contributed by atoms with E-state index < -0.39 is 29.1 Å². The number of nitriles is 1. The SMILES string of the molecule is C#CC1(c2cc(C(=O)NC(C)c3nccnc3-c3ccc(C#N)cn3)cc(C(F)(F)F)c2)CC1. The maximum atomic E-state index is 13.5. The fourth-order valence-corrected chi connectivity index (χ4v) is 3.65. The molecule has 1 unspecified atom stereocenters. The Hall–Kier alpha value is -4.24. The molecule has 1 fully saturated rings. The first-order chi connectivity index (χ1) is 16.2. The van der Waals surface area contributed by atoms with Crippen LogP contribution in [0.5, 0.6) is 0 Å². The fraction of sp³-hybridized carbons (Fsp3) is 0.240. The third kappa shape index (κ3) is 4.46. The van der Waals surface area contributed by atoms with Gasteiger partial charge in [-0.1, -0.05) is 5.92 Å². The van der Waals surface area contributed by atoms with Gasteiger partial charge in [0.05, 0.1) is 34.0 Å². The minimum Gasteiger partial charge on any atom is -0.344 e. The average Bonchev–Trinajstić information content (AvgIpc) is 3.65. The van der Waals surface area contributed by atoms with E-state index in [-0.39, 0.29) is 5.56 Å². The Morgan fingerprint density at radius 1 is 1.18 bits per heavy atom. The molecule has 0 bridgehead atoms. The summed E-state index contributed by atoms with van der Waals surface area (Å²) in [6.45, 7) is 1.65. The summed E-state index contributed by atoms with van der Waals surface area (Å²) in [7, 11) is 0. The molecule has 0 saturated heterocycles. The highest BCUT2D eigenvalue weighted by molar-refractivity contribution is 5.95. The van der Waals surface area contributed by atoms with Crippen LogP contribution in [0.15, 0.2) is 48.9 Å². The quantitative estimate of drug-likeness (QED) is 0.562. The van der Waals surface area contributed by atoms with E-state index in [9.17, 15) is 18.0 Å². The number of rotatable bonds is 5. The van der Waals surface area contributed by atoms with Crippen molar-refractivity contribution in [3.05, 3.63) is 76.9 Å². The van der Waals surface area contributed by atoms with Gasteiger partial charge in [0.25, 0.3) is 5.91 Å². The van der Waals surface area contributed by atoms with Crippen LogP contribution < -0.4 is 5.32 Å². The summed E-state index contributed by atoms with van der Waals surface area (Å²) in [5, 5.41) is 11.7. The molecule has 2 aromatic heterocycles. The summed E-state index contributed by atoms with van der Waals surface area (Å²) in [5.41, 5.74) is 0.0549. The Bertz CT molecular complexity index is 1330. The second kappa shape index (κ2) is 8.60. The van der Waals surface area contributed by atoms with Gasteiger partial charge in [-0.3, -0.25) is 19.7 Å². The first-order valence-electron chi connectivity index (χ1n) is 10.4. The smallest absolute Gasteiger partial charge is 0.344 e. The van der Waals surface area contributed by atoms with E-state index in [2.05, 4.69) is 26.2 Å². The highest BCUT2D eigenvalue weighted by Gasteiger charge is 2.44. The van der Waals surface area contributed by atoms with E-state index in [0.29, 0.717) is 41.1 Å². The number of hydrogen-bond acceptors (Lipinski definition) is 5. The zero-order valence-corrected chi connectivity index (χ0v) is 18.0. The molecule has 4 rings (SSSR count). The Labute approximate surface area is 193 Å². The van der Waals surface area contributed by atoms with Crippen LogP contribution in [0, 0.1) is 23.7 Å². The van der Waals surface area contributed by atoms with Gasteiger partial charge in [-0.15, -0.1) is 6.42 Å². The first-order valence-corrected chi connectivity index (χ1v) is 10.4. The highest BCUT2D eigenvalue weighted by atomic mass is 19.4. The molecule has 0 spiro atoms. The number of aromatic nitrogens is 3. The number of benzene rings is 1. The van der Waals surface area contributed by atoms with E-state index in [1.165, 1.54) is 24.7 Å². The van der Waals surface area contributed by atoms with Crippen molar-refractivity contribution in [2.24, 2.45) is 0 Å². The van der Waals surface area contributed by atoms with Gasteiger partial charge in [0.1, 0.15) is 11.8 Å². The standard InChI is InChI=1S/C25H18F3N5O/c1-3-24(6-7-24)18-10-17(11-19(12-18)25(26,27)28)23(34)33-15(2)21-22(31-9-8-30-21)20-5-4-16(13-29)14-32-20/h1,4-5,8-12,14-15H,6-7H2,2H3,(H,33,34). The minimum atomic E-state index is -4.62. The maximum absolute atomic E-state index is 13.5. The fourth-order valence-electron chi connectivity index (χ4n) is 3.65. The van der Waals surface area contributed by atoms with Crippen molar-refractivity contribution in [1.29, 1.82) is 5.26 Å². The summed E-state index contributed by atoms with van der Waals surface area (Å²) in [6.07, 6.45) is 6.37. The topological polar surface area (TPSA) is 91.6 Å². The third-order valence-corrected chi connectivity index (χ3v) is 5.72. The summed E-state index contributed by atoms with van der Waals surface area (Å²) in [4.78, 5) is 25.8. The van der Waals surface area contributed by atoms with Crippen LogP contribution in [-0.4, -0.2) is 20.9 Å². The third-order valence-electron chi connectivity index (χ3n) is 5.72. The number of amides is 1. The predicted molar refractivity (Wildman–Crippen MR) is 117 cm³/mol. The van der Waals surface area contributed by atoms with Gasteiger partial charge < -0.3 is 5.32 Å². The molecule has 0 radical (unpaired) electrons. The zero-order chi connectivity index (χ0) is 24.5. The molecule has 1 aliphatic carbocycles. The molecule has 170 valence electrons. The lowest BCUT2D eigenvalue weighted by Gasteiger charge is -2.18. The van der Waals surface area contributed by atoms with Gasteiger partial charge in [-0.25, -0.2) is 0 Å². The van der Waals surface area contributed by atoms with Crippen molar-refractivity contribution in [1.82, 2.24) is 20.3 Å². The molecule has 6 nitrogen and oxygen atoms in total. The second-order valence-electron chi connectivity index (χ2n) is 8.05. The van der Waals surface area contributed by atoms with E-state index in [1.54, 1.807) is 19.1 Å². The molecular formula is C25H18F3N5O. The number of terminal acetylenes is 1. The van der Waals surface area contributed by atoms with Gasteiger partial charge in [-0.05, 0) is 55.7 Å². The summed E-state index contributed by atoms with van der Waals surface area (Å²) in [6, 6.07) is 7.72. The van der Waals surface area contributed by atoms with E-state index >= 15 is 0 Å². The monoisotopic (exact) mass is 461 g/mol. The van der Waals surface area contributed by atoms with Crippen LogP contribution in [0.4, 0.5) is 13.2 Å². The van der Waals surface area contributed by atoms with Crippen LogP contribution in [-0.2, 0) is 11.6 Å². The van der Waals surface area contributed by atoms with E-state index in [1.807, 2.05) is 6.07 Å². The lowest BCUT2D eigenvalue weighted by Crippen LogP contribution is -2.28. The van der Waals surface area contributed by atoms with Crippen LogP contribution in [0.3, 0.4) is 0 Å². The molecule has 1 aromatic carbocycles. The molecule has 1 saturated carbocycles. The number of pyridine rings is 1. The number of halogens is 3. The molecule has 1 atom stereocenters. The van der Waals surface area contributed by atoms with Crippen molar-refractivity contribution in [3.63, 3.8) is 0 Å². The summed E-state index contributed by atoms with van der Waals surface area (Å²) >= 11 is 0. The predicted octanol–water partition coefficient (Wildman–Crippen LogP) is 4.58. The average molecular weight is 461 g/mol. The Balaban J connectivity index is 1.65. The van der Waals surface area contributed by atoms with E-state index in [4.69, 9.17) is 11.7 Å². The summed E-state index contributed by atoms with van der Waals surface area (Å²) < 4.78 is 40.6. The summed E-state index contributed by atoms with van der Waals surface area (Å²) in [5.74, 6) is 1.87. The Morgan fingerprint density at radius 3 is 2.50 bits per heavy atom. The first kappa shape index (κ1) is 22.9. The lowest BCUT2D eigenvalue weighted by atomic mass is 9.92. The van der Waals surface area contributed by atoms with Crippen LogP contribution >= 0.6 is 0 Å². The molecule has 1 N–H and O–H groups in total. The van der Waals surface area contributed by atoms with Gasteiger partial charge in [0.2, 0.25) is 0 Å². The molecule has 34 heavy (non-hydrogen) atoms. The van der Waals surface area contributed by atoms with Gasteiger partial charge >= 0.3 is 6.18 Å². The van der Waals surface area contributed by atoms with Crippen molar-refractivity contribution in [2.45, 2.75) is 37.4 Å². The normalized spacial score (nSPS) is 15.0. The molecule has 1 aliphatic rings. The molecule has 1 amide bonds. The van der Waals surface area contributed by atoms with Gasteiger partial charge in [-0.2, -0.15) is 18.4 Å². The zero-order valence-electron chi connectivity index (χ0n) is 18.0. The number of nitrogens with zero attached hydrogens (tertiary/aromatic N) is 4. The number of alkyl halides is 3. The van der Waals surface area contributed by atoms with Crippen molar-refractivity contribution in [2.75, 3.05) is 0 Å². The number of hydrogen-bond donors (Lipinski definition) is 1. The van der Waals surface area contributed by atoms with Crippen LogP contribution in [0.1, 0.15) is 58.5 Å². The molecule has 9 heteroatoms. The van der Waals surface area contributed by atoms with Crippen molar-refractivity contribution < 1.29 is 18.0 Å². The minimum absolute atomic E-state index is 0.139. The molecular weight excluding hydrogens is 443 g/mol. The van der Waals surface area contributed by atoms with E-state index in [0.717, 1.165) is 12.1 Å². The molecule has 2 heterocycles. The maximum Gasteiger partial charge on any atom is 0.416 e. The van der Waals surface area contributed by atoms with Crippen molar-refractivity contribution >= 4 is 5.91 Å². The second-order valence-corrected chi connectivity index (χ2v) is 8.05.